The fourth-order valence-electron chi connectivity index (χ4n) is 4.92. The van der Waals surface area contributed by atoms with E-state index in [9.17, 15) is 20.1 Å². The van der Waals surface area contributed by atoms with Crippen molar-refractivity contribution in [2.45, 2.75) is 58.2 Å². The van der Waals surface area contributed by atoms with Crippen molar-refractivity contribution in [3.63, 3.8) is 0 Å². The number of aromatic nitrogens is 1. The largest absolute Gasteiger partial charge is 0.494 e. The van der Waals surface area contributed by atoms with E-state index in [1.807, 2.05) is 36.4 Å². The van der Waals surface area contributed by atoms with E-state index in [4.69, 9.17) is 16.3 Å². The lowest BCUT2D eigenvalue weighted by molar-refractivity contribution is -0.138. The molecule has 1 saturated carbocycles. The third-order valence-corrected chi connectivity index (χ3v) is 7.43. The van der Waals surface area contributed by atoms with Crippen LogP contribution in [0.2, 0.25) is 5.02 Å². The maximum absolute atomic E-state index is 11.8. The molecule has 37 heavy (non-hydrogen) atoms. The molecule has 1 aliphatic rings. The number of carboxylic acid groups (broad SMARTS) is 1. The Balaban J connectivity index is 1.51. The molecule has 0 amide bonds. The van der Waals surface area contributed by atoms with Crippen LogP contribution in [0.15, 0.2) is 54.6 Å². The first-order valence-corrected chi connectivity index (χ1v) is 13.2. The molecule has 1 atom stereocenters. The Labute approximate surface area is 222 Å². The number of rotatable bonds is 13. The number of nitrogens with zero attached hydrogens (tertiary/aromatic N) is 2. The highest BCUT2D eigenvalue weighted by Gasteiger charge is 2.28. The highest BCUT2D eigenvalue weighted by molar-refractivity contribution is 6.30. The summed E-state index contributed by atoms with van der Waals surface area (Å²) in [6.45, 7) is 4.18. The van der Waals surface area contributed by atoms with Gasteiger partial charge in [-0.15, -0.1) is 0 Å². The van der Waals surface area contributed by atoms with Gasteiger partial charge in [-0.25, -0.2) is 0 Å². The first-order chi connectivity index (χ1) is 17.8. The van der Waals surface area contributed by atoms with Gasteiger partial charge in [0.05, 0.1) is 13.0 Å². The van der Waals surface area contributed by atoms with E-state index >= 15 is 0 Å². The van der Waals surface area contributed by atoms with E-state index in [1.165, 1.54) is 36.0 Å². The Hall–Kier alpha value is -3.16. The monoisotopic (exact) mass is 526 g/mol. The second-order valence-electron chi connectivity index (χ2n) is 9.74. The summed E-state index contributed by atoms with van der Waals surface area (Å²) in [4.78, 5) is 14.1. The third kappa shape index (κ3) is 6.99. The van der Waals surface area contributed by atoms with Crippen molar-refractivity contribution in [3.05, 3.63) is 76.3 Å². The van der Waals surface area contributed by atoms with E-state index in [0.717, 1.165) is 35.4 Å². The first kappa shape index (κ1) is 26.9. The summed E-state index contributed by atoms with van der Waals surface area (Å²) in [5.74, 6) is 0.517. The van der Waals surface area contributed by atoms with Crippen molar-refractivity contribution in [3.8, 4) is 17.5 Å². The van der Waals surface area contributed by atoms with Gasteiger partial charge in [-0.3, -0.25) is 14.3 Å². The first-order valence-electron chi connectivity index (χ1n) is 12.9. The minimum absolute atomic E-state index is 0.00433. The molecule has 0 radical (unpaired) electrons. The van der Waals surface area contributed by atoms with E-state index < -0.39 is 5.97 Å². The van der Waals surface area contributed by atoms with Crippen molar-refractivity contribution in [2.75, 3.05) is 13.2 Å². The van der Waals surface area contributed by atoms with Crippen LogP contribution in [-0.2, 0) is 24.3 Å². The Morgan fingerprint density at radius 3 is 2.41 bits per heavy atom. The Bertz CT molecular complexity index is 1170. The van der Waals surface area contributed by atoms with Crippen LogP contribution in [0.1, 0.15) is 55.3 Å². The third-order valence-electron chi connectivity index (χ3n) is 7.18. The summed E-state index contributed by atoms with van der Waals surface area (Å²) in [6.07, 6.45) is 4.39. The zero-order valence-electron chi connectivity index (χ0n) is 21.1. The second kappa shape index (κ2) is 12.4. The Kier molecular flexibility index (Phi) is 9.00. The molecule has 1 fully saturated rings. The molecule has 0 unspecified atom stereocenters. The van der Waals surface area contributed by atoms with Crippen molar-refractivity contribution in [1.82, 2.24) is 9.47 Å². The molecule has 2 aromatic carbocycles. The molecular formula is C29H35ClN2O5. The normalized spacial score (nSPS) is 14.5. The number of aromatic hydroxyl groups is 2. The van der Waals surface area contributed by atoms with E-state index in [-0.39, 0.29) is 24.2 Å². The van der Waals surface area contributed by atoms with Gasteiger partial charge in [0, 0.05) is 36.3 Å². The van der Waals surface area contributed by atoms with E-state index in [1.54, 1.807) is 0 Å². The topological polar surface area (TPSA) is 95.2 Å². The van der Waals surface area contributed by atoms with Crippen LogP contribution in [-0.4, -0.2) is 43.9 Å². The molecule has 0 saturated heterocycles. The maximum Gasteiger partial charge on any atom is 0.305 e. The van der Waals surface area contributed by atoms with Crippen LogP contribution >= 0.6 is 11.6 Å². The molecule has 7 nitrogen and oxygen atoms in total. The van der Waals surface area contributed by atoms with Crippen molar-refractivity contribution in [1.29, 1.82) is 0 Å². The van der Waals surface area contributed by atoms with Gasteiger partial charge < -0.3 is 20.1 Å². The van der Waals surface area contributed by atoms with Crippen LogP contribution in [0.3, 0.4) is 0 Å². The Morgan fingerprint density at radius 2 is 1.81 bits per heavy atom. The molecule has 3 N–H and O–H groups in total. The summed E-state index contributed by atoms with van der Waals surface area (Å²) < 4.78 is 7.38. The van der Waals surface area contributed by atoms with Crippen LogP contribution in [0, 0.1) is 5.92 Å². The molecule has 4 rings (SSSR count). The summed E-state index contributed by atoms with van der Waals surface area (Å²) in [5, 5.41) is 30.0. The lowest BCUT2D eigenvalue weighted by Crippen LogP contribution is -2.36. The molecule has 1 heterocycles. The fourth-order valence-corrected chi connectivity index (χ4v) is 5.05. The molecule has 1 aromatic heterocycles. The molecule has 1 aliphatic carbocycles. The fraction of sp³-hybridized carbons (Fsp3) is 0.414. The molecular weight excluding hydrogens is 492 g/mol. The molecule has 198 valence electrons. The van der Waals surface area contributed by atoms with Gasteiger partial charge in [-0.2, -0.15) is 0 Å². The number of aliphatic carboxylic acids is 1. The number of carboxylic acids is 1. The quantitative estimate of drug-likeness (QED) is 0.252. The van der Waals surface area contributed by atoms with Gasteiger partial charge in [-0.05, 0) is 60.1 Å². The highest BCUT2D eigenvalue weighted by atomic mass is 35.5. The lowest BCUT2D eigenvalue weighted by Gasteiger charge is -2.37. The lowest BCUT2D eigenvalue weighted by atomic mass is 9.84. The number of hydrogen-bond acceptors (Lipinski definition) is 5. The van der Waals surface area contributed by atoms with Gasteiger partial charge in [0.15, 0.2) is 11.8 Å². The molecule has 0 aliphatic heterocycles. The van der Waals surface area contributed by atoms with Gasteiger partial charge in [0.25, 0.3) is 0 Å². The van der Waals surface area contributed by atoms with Crippen LogP contribution in [0.4, 0.5) is 0 Å². The maximum atomic E-state index is 11.8. The number of hydrogen-bond donors (Lipinski definition) is 3. The molecule has 8 heteroatoms. The average Bonchev–Trinajstić information content (AvgIpc) is 3.17. The SMILES string of the molecule is CCc1cc(CN(CC2CCC2)[C@@H](CC(=O)O)c2ccc(Cl)cc2)ccc1OCCn1c(O)ccc1O. The minimum atomic E-state index is -0.823. The number of halogens is 1. The Morgan fingerprint density at radius 1 is 1.11 bits per heavy atom. The molecule has 0 spiro atoms. The van der Waals surface area contributed by atoms with Gasteiger partial charge in [-0.1, -0.05) is 49.2 Å². The summed E-state index contributed by atoms with van der Waals surface area (Å²) >= 11 is 6.11. The van der Waals surface area contributed by atoms with Crippen LogP contribution in [0.25, 0.3) is 0 Å². The number of carbonyl (C=O) groups is 1. The average molecular weight is 527 g/mol. The van der Waals surface area contributed by atoms with E-state index in [2.05, 4.69) is 17.9 Å². The number of aryl methyl sites for hydroxylation is 1. The standard InChI is InChI=1S/C29H35ClN2O5/c1-2-22-16-21(6-11-26(22)37-15-14-32-27(33)12-13-28(32)34)19-31(18-20-4-3-5-20)25(17-29(35)36)23-7-9-24(30)10-8-23/h6-13,16,20,25,33-34H,2-5,14-15,17-19H2,1H3,(H,35,36)/t25-/m0/s1. The zero-order valence-corrected chi connectivity index (χ0v) is 21.9. The second-order valence-corrected chi connectivity index (χ2v) is 10.2. The zero-order chi connectivity index (χ0) is 26.4. The summed E-state index contributed by atoms with van der Waals surface area (Å²) in [7, 11) is 0. The minimum Gasteiger partial charge on any atom is -0.494 e. The van der Waals surface area contributed by atoms with Crippen molar-refractivity contribution >= 4 is 17.6 Å². The predicted octanol–water partition coefficient (Wildman–Crippen LogP) is 6.01. The predicted molar refractivity (Wildman–Crippen MR) is 143 cm³/mol. The van der Waals surface area contributed by atoms with Gasteiger partial charge >= 0.3 is 5.97 Å². The smallest absolute Gasteiger partial charge is 0.305 e. The van der Waals surface area contributed by atoms with Crippen LogP contribution in [0.5, 0.6) is 17.5 Å². The summed E-state index contributed by atoms with van der Waals surface area (Å²) in [5.41, 5.74) is 3.12. The molecule has 0 bridgehead atoms. The number of ether oxygens (including phenoxy) is 1. The highest BCUT2D eigenvalue weighted by Crippen LogP contribution is 2.34. The molecule has 3 aromatic rings. The van der Waals surface area contributed by atoms with Crippen LogP contribution < -0.4 is 4.74 Å². The van der Waals surface area contributed by atoms with Crippen molar-refractivity contribution in [2.24, 2.45) is 5.92 Å². The van der Waals surface area contributed by atoms with Gasteiger partial charge in [0.1, 0.15) is 12.4 Å². The summed E-state index contributed by atoms with van der Waals surface area (Å²) in [6, 6.07) is 16.3. The van der Waals surface area contributed by atoms with Gasteiger partial charge in [0.2, 0.25) is 0 Å². The van der Waals surface area contributed by atoms with E-state index in [0.29, 0.717) is 30.6 Å². The van der Waals surface area contributed by atoms with Crippen molar-refractivity contribution < 1.29 is 24.9 Å². The number of benzene rings is 2.